The number of aryl methyl sites for hydroxylation is 1. The van der Waals surface area contributed by atoms with Crippen LogP contribution in [0.15, 0.2) is 18.3 Å². The van der Waals surface area contributed by atoms with Gasteiger partial charge < -0.3 is 10.1 Å². The number of aromatic nitrogens is 1. The Morgan fingerprint density at radius 1 is 1.64 bits per heavy atom. The molecule has 1 fully saturated rings. The first kappa shape index (κ1) is 9.46. The minimum absolute atomic E-state index is 0.373. The van der Waals surface area contributed by atoms with Crippen LogP contribution < -0.4 is 5.32 Å². The molecule has 1 N–H and O–H groups in total. The van der Waals surface area contributed by atoms with Crippen LogP contribution in [-0.2, 0) is 4.74 Å². The molecule has 1 atom stereocenters. The SMILES string of the molecule is Cc1ccnc(NC[C@H]2CCCO2)c1. The molecule has 0 unspecified atom stereocenters. The van der Waals surface area contributed by atoms with Gasteiger partial charge in [0, 0.05) is 19.3 Å². The number of hydrogen-bond acceptors (Lipinski definition) is 3. The van der Waals surface area contributed by atoms with Crippen molar-refractivity contribution in [1.82, 2.24) is 4.98 Å². The lowest BCUT2D eigenvalue weighted by molar-refractivity contribution is 0.120. The van der Waals surface area contributed by atoms with Gasteiger partial charge in [-0.05, 0) is 37.5 Å². The monoisotopic (exact) mass is 192 g/mol. The molecule has 1 aromatic heterocycles. The van der Waals surface area contributed by atoms with Crippen molar-refractivity contribution in [2.75, 3.05) is 18.5 Å². The minimum Gasteiger partial charge on any atom is -0.376 e. The van der Waals surface area contributed by atoms with Gasteiger partial charge in [-0.25, -0.2) is 4.98 Å². The quantitative estimate of drug-likeness (QED) is 0.795. The number of hydrogen-bond donors (Lipinski definition) is 1. The summed E-state index contributed by atoms with van der Waals surface area (Å²) >= 11 is 0. The van der Waals surface area contributed by atoms with Gasteiger partial charge in [0.25, 0.3) is 0 Å². The van der Waals surface area contributed by atoms with Gasteiger partial charge in [0.15, 0.2) is 0 Å². The lowest BCUT2D eigenvalue weighted by Crippen LogP contribution is -2.18. The molecular formula is C11H16N2O. The second-order valence-corrected chi connectivity index (χ2v) is 3.73. The summed E-state index contributed by atoms with van der Waals surface area (Å²) in [6.45, 7) is 3.85. The highest BCUT2D eigenvalue weighted by Crippen LogP contribution is 2.13. The largest absolute Gasteiger partial charge is 0.376 e. The first-order chi connectivity index (χ1) is 6.84. The van der Waals surface area contributed by atoms with E-state index in [1.54, 1.807) is 0 Å². The van der Waals surface area contributed by atoms with E-state index in [0.29, 0.717) is 6.10 Å². The van der Waals surface area contributed by atoms with Crippen LogP contribution in [0.2, 0.25) is 0 Å². The number of nitrogens with zero attached hydrogens (tertiary/aromatic N) is 1. The first-order valence-corrected chi connectivity index (χ1v) is 5.13. The third kappa shape index (κ3) is 2.45. The Hall–Kier alpha value is -1.09. The Bertz CT molecular complexity index is 295. The molecule has 0 aromatic carbocycles. The first-order valence-electron chi connectivity index (χ1n) is 5.13. The molecule has 0 amide bonds. The van der Waals surface area contributed by atoms with Gasteiger partial charge in [-0.1, -0.05) is 0 Å². The number of ether oxygens (including phenoxy) is 1. The third-order valence-electron chi connectivity index (χ3n) is 2.45. The highest BCUT2D eigenvalue weighted by molar-refractivity contribution is 5.36. The molecule has 1 saturated heterocycles. The molecule has 76 valence electrons. The molecule has 1 aromatic rings. The summed E-state index contributed by atoms with van der Waals surface area (Å²) in [5.41, 5.74) is 1.23. The van der Waals surface area contributed by atoms with Gasteiger partial charge in [-0.3, -0.25) is 0 Å². The second kappa shape index (κ2) is 4.42. The van der Waals surface area contributed by atoms with Gasteiger partial charge in [0.1, 0.15) is 5.82 Å². The van der Waals surface area contributed by atoms with Crippen molar-refractivity contribution in [3.05, 3.63) is 23.9 Å². The lowest BCUT2D eigenvalue weighted by Gasteiger charge is -2.11. The summed E-state index contributed by atoms with van der Waals surface area (Å²) in [5, 5.41) is 3.29. The molecule has 2 heterocycles. The normalized spacial score (nSPS) is 21.1. The Morgan fingerprint density at radius 3 is 3.29 bits per heavy atom. The van der Waals surface area contributed by atoms with Crippen molar-refractivity contribution in [3.8, 4) is 0 Å². The zero-order chi connectivity index (χ0) is 9.80. The van der Waals surface area contributed by atoms with Crippen LogP contribution in [0, 0.1) is 6.92 Å². The summed E-state index contributed by atoms with van der Waals surface area (Å²) in [7, 11) is 0. The zero-order valence-corrected chi connectivity index (χ0v) is 8.49. The van der Waals surface area contributed by atoms with Crippen LogP contribution in [-0.4, -0.2) is 24.2 Å². The lowest BCUT2D eigenvalue weighted by atomic mass is 10.2. The molecule has 1 aliphatic rings. The molecule has 0 bridgehead atoms. The van der Waals surface area contributed by atoms with E-state index in [2.05, 4.69) is 23.3 Å². The average molecular weight is 192 g/mol. The second-order valence-electron chi connectivity index (χ2n) is 3.73. The highest BCUT2D eigenvalue weighted by atomic mass is 16.5. The fraction of sp³-hybridized carbons (Fsp3) is 0.545. The van der Waals surface area contributed by atoms with Crippen LogP contribution in [0.1, 0.15) is 18.4 Å². The van der Waals surface area contributed by atoms with E-state index in [1.807, 2.05) is 12.3 Å². The molecule has 14 heavy (non-hydrogen) atoms. The van der Waals surface area contributed by atoms with E-state index in [4.69, 9.17) is 4.74 Å². The highest BCUT2D eigenvalue weighted by Gasteiger charge is 2.14. The number of anilines is 1. The van der Waals surface area contributed by atoms with E-state index in [1.165, 1.54) is 18.4 Å². The Labute approximate surface area is 84.5 Å². The molecule has 0 saturated carbocycles. The van der Waals surface area contributed by atoms with Crippen molar-refractivity contribution in [2.45, 2.75) is 25.9 Å². The van der Waals surface area contributed by atoms with E-state index in [-0.39, 0.29) is 0 Å². The van der Waals surface area contributed by atoms with Gasteiger partial charge in [-0.2, -0.15) is 0 Å². The molecule has 2 rings (SSSR count). The Morgan fingerprint density at radius 2 is 2.57 bits per heavy atom. The average Bonchev–Trinajstić information content (AvgIpc) is 2.67. The summed E-state index contributed by atoms with van der Waals surface area (Å²) < 4.78 is 5.51. The summed E-state index contributed by atoms with van der Waals surface area (Å²) in [6.07, 6.45) is 4.55. The van der Waals surface area contributed by atoms with Crippen LogP contribution in [0.4, 0.5) is 5.82 Å². The fourth-order valence-electron chi connectivity index (χ4n) is 1.66. The van der Waals surface area contributed by atoms with Crippen molar-refractivity contribution in [1.29, 1.82) is 0 Å². The maximum Gasteiger partial charge on any atom is 0.126 e. The van der Waals surface area contributed by atoms with Crippen molar-refractivity contribution in [2.24, 2.45) is 0 Å². The van der Waals surface area contributed by atoms with Gasteiger partial charge in [0.05, 0.1) is 6.10 Å². The number of nitrogens with one attached hydrogen (secondary N) is 1. The minimum atomic E-state index is 0.373. The van der Waals surface area contributed by atoms with Crippen LogP contribution >= 0.6 is 0 Å². The van der Waals surface area contributed by atoms with Crippen LogP contribution in [0.3, 0.4) is 0 Å². The third-order valence-corrected chi connectivity index (χ3v) is 2.45. The van der Waals surface area contributed by atoms with E-state index in [9.17, 15) is 0 Å². The molecule has 3 nitrogen and oxygen atoms in total. The maximum absolute atomic E-state index is 5.51. The summed E-state index contributed by atoms with van der Waals surface area (Å²) in [5.74, 6) is 0.945. The number of rotatable bonds is 3. The molecule has 1 aliphatic heterocycles. The zero-order valence-electron chi connectivity index (χ0n) is 8.49. The number of pyridine rings is 1. The smallest absolute Gasteiger partial charge is 0.126 e. The van der Waals surface area contributed by atoms with Crippen molar-refractivity contribution >= 4 is 5.82 Å². The van der Waals surface area contributed by atoms with Crippen molar-refractivity contribution in [3.63, 3.8) is 0 Å². The standard InChI is InChI=1S/C11H16N2O/c1-9-4-5-12-11(7-9)13-8-10-3-2-6-14-10/h4-5,7,10H,2-3,6,8H2,1H3,(H,12,13)/t10-/m1/s1. The van der Waals surface area contributed by atoms with E-state index in [0.717, 1.165) is 19.0 Å². The predicted octanol–water partition coefficient (Wildman–Crippen LogP) is 1.98. The van der Waals surface area contributed by atoms with Crippen LogP contribution in [0.5, 0.6) is 0 Å². The molecule has 0 aliphatic carbocycles. The Kier molecular flexibility index (Phi) is 2.99. The van der Waals surface area contributed by atoms with Gasteiger partial charge in [-0.15, -0.1) is 0 Å². The summed E-state index contributed by atoms with van der Waals surface area (Å²) in [4.78, 5) is 4.23. The summed E-state index contributed by atoms with van der Waals surface area (Å²) in [6, 6.07) is 4.05. The molecular weight excluding hydrogens is 176 g/mol. The van der Waals surface area contributed by atoms with Gasteiger partial charge in [0.2, 0.25) is 0 Å². The fourth-order valence-corrected chi connectivity index (χ4v) is 1.66. The van der Waals surface area contributed by atoms with Gasteiger partial charge >= 0.3 is 0 Å². The topological polar surface area (TPSA) is 34.2 Å². The molecule has 3 heteroatoms. The Balaban J connectivity index is 1.85. The van der Waals surface area contributed by atoms with E-state index < -0.39 is 0 Å². The maximum atomic E-state index is 5.51. The van der Waals surface area contributed by atoms with Crippen LogP contribution in [0.25, 0.3) is 0 Å². The van der Waals surface area contributed by atoms with Crippen molar-refractivity contribution < 1.29 is 4.74 Å². The van der Waals surface area contributed by atoms with E-state index >= 15 is 0 Å². The molecule has 0 radical (unpaired) electrons. The predicted molar refractivity (Wildman–Crippen MR) is 56.4 cm³/mol. The molecule has 0 spiro atoms.